The van der Waals surface area contributed by atoms with Crippen molar-refractivity contribution < 1.29 is 0 Å². The highest BCUT2D eigenvalue weighted by Crippen LogP contribution is 2.28. The third-order valence-electron chi connectivity index (χ3n) is 4.24. The maximum absolute atomic E-state index is 7.81. The number of nitrogen functional groups attached to an aromatic ring is 1. The molecule has 3 N–H and O–H groups in total. The fourth-order valence-corrected chi connectivity index (χ4v) is 3.30. The second-order valence-electron chi connectivity index (χ2n) is 6.04. The zero-order valence-electron chi connectivity index (χ0n) is 12.9. The first-order valence-corrected chi connectivity index (χ1v) is 7.53. The summed E-state index contributed by atoms with van der Waals surface area (Å²) in [7, 11) is 2.11. The minimum atomic E-state index is 0.112. The Morgan fingerprint density at radius 2 is 2.00 bits per heavy atom. The Morgan fingerprint density at radius 3 is 2.60 bits per heavy atom. The molecule has 4 nitrogen and oxygen atoms in total. The summed E-state index contributed by atoms with van der Waals surface area (Å²) in [5.74, 6) is 0.878. The van der Waals surface area contributed by atoms with E-state index < -0.39 is 0 Å². The van der Waals surface area contributed by atoms with Crippen molar-refractivity contribution in [3.05, 3.63) is 23.0 Å². The Labute approximate surface area is 121 Å². The van der Waals surface area contributed by atoms with E-state index in [2.05, 4.69) is 16.9 Å². The lowest BCUT2D eigenvalue weighted by atomic mass is 9.89. The number of hydrogen-bond donors (Lipinski definition) is 2. The molecule has 1 saturated carbocycles. The van der Waals surface area contributed by atoms with Crippen LogP contribution < -0.4 is 10.6 Å². The molecule has 0 spiro atoms. The quantitative estimate of drug-likeness (QED) is 0.655. The van der Waals surface area contributed by atoms with Crippen LogP contribution in [0.15, 0.2) is 6.07 Å². The van der Waals surface area contributed by atoms with E-state index in [0.29, 0.717) is 0 Å². The monoisotopic (exact) mass is 274 g/mol. The number of rotatable bonds is 4. The van der Waals surface area contributed by atoms with Crippen LogP contribution in [0.4, 0.5) is 5.69 Å². The Bertz CT molecular complexity index is 489. The van der Waals surface area contributed by atoms with E-state index in [4.69, 9.17) is 11.1 Å². The molecule has 1 aliphatic rings. The van der Waals surface area contributed by atoms with Crippen molar-refractivity contribution in [2.24, 2.45) is 11.7 Å². The molecule has 1 fully saturated rings. The van der Waals surface area contributed by atoms with Crippen LogP contribution in [0.25, 0.3) is 0 Å². The number of anilines is 1. The van der Waals surface area contributed by atoms with Gasteiger partial charge in [-0.2, -0.15) is 0 Å². The van der Waals surface area contributed by atoms with Gasteiger partial charge < -0.3 is 10.6 Å². The lowest BCUT2D eigenvalue weighted by Gasteiger charge is -2.30. The lowest BCUT2D eigenvalue weighted by molar-refractivity contribution is 0.362. The zero-order valence-corrected chi connectivity index (χ0v) is 12.9. The van der Waals surface area contributed by atoms with Gasteiger partial charge in [0.05, 0.1) is 16.9 Å². The first kappa shape index (κ1) is 14.8. The molecule has 1 aromatic heterocycles. The van der Waals surface area contributed by atoms with Crippen LogP contribution in [0.1, 0.15) is 49.1 Å². The molecule has 4 heteroatoms. The summed E-state index contributed by atoms with van der Waals surface area (Å²) in [5.41, 5.74) is 9.42. The second-order valence-corrected chi connectivity index (χ2v) is 6.04. The molecule has 20 heavy (non-hydrogen) atoms. The molecular formula is C16H26N4. The van der Waals surface area contributed by atoms with Crippen LogP contribution in [0.3, 0.4) is 0 Å². The van der Waals surface area contributed by atoms with Gasteiger partial charge in [0.15, 0.2) is 0 Å². The van der Waals surface area contributed by atoms with Crippen molar-refractivity contribution in [1.82, 2.24) is 4.98 Å². The van der Waals surface area contributed by atoms with Crippen molar-refractivity contribution in [3.63, 3.8) is 0 Å². The molecule has 0 atom stereocenters. The minimum absolute atomic E-state index is 0.112. The highest BCUT2D eigenvalue weighted by molar-refractivity contribution is 6.01. The summed E-state index contributed by atoms with van der Waals surface area (Å²) in [6.45, 7) is 4.97. The molecule has 0 radical (unpaired) electrons. The smallest absolute Gasteiger partial charge is 0.126 e. The van der Waals surface area contributed by atoms with Crippen molar-refractivity contribution in [3.8, 4) is 0 Å². The first-order valence-electron chi connectivity index (χ1n) is 7.53. The summed E-state index contributed by atoms with van der Waals surface area (Å²) in [6, 6.07) is 2.05. The third-order valence-corrected chi connectivity index (χ3v) is 4.24. The van der Waals surface area contributed by atoms with Crippen LogP contribution in [0.2, 0.25) is 0 Å². The van der Waals surface area contributed by atoms with Crippen molar-refractivity contribution in [2.75, 3.05) is 18.5 Å². The Hall–Kier alpha value is -1.58. The molecule has 1 aromatic rings. The number of pyridine rings is 1. The maximum atomic E-state index is 7.81. The summed E-state index contributed by atoms with van der Waals surface area (Å²) in [6.07, 6.45) is 6.73. The van der Waals surface area contributed by atoms with E-state index in [-0.39, 0.29) is 5.84 Å². The minimum Gasteiger partial charge on any atom is -0.384 e. The van der Waals surface area contributed by atoms with E-state index in [0.717, 1.165) is 35.1 Å². The Kier molecular flexibility index (Phi) is 4.63. The second kappa shape index (κ2) is 6.25. The van der Waals surface area contributed by atoms with Crippen LogP contribution in [0.5, 0.6) is 0 Å². The molecule has 1 aliphatic carbocycles. The average molecular weight is 274 g/mol. The van der Waals surface area contributed by atoms with Gasteiger partial charge >= 0.3 is 0 Å². The van der Waals surface area contributed by atoms with E-state index in [9.17, 15) is 0 Å². The zero-order chi connectivity index (χ0) is 14.7. The fourth-order valence-electron chi connectivity index (χ4n) is 3.30. The largest absolute Gasteiger partial charge is 0.384 e. The van der Waals surface area contributed by atoms with Crippen LogP contribution in [0, 0.1) is 25.2 Å². The predicted molar refractivity (Wildman–Crippen MR) is 84.6 cm³/mol. The summed E-state index contributed by atoms with van der Waals surface area (Å²) >= 11 is 0. The van der Waals surface area contributed by atoms with Crippen LogP contribution in [-0.4, -0.2) is 24.4 Å². The number of hydrogen-bond acceptors (Lipinski definition) is 3. The third kappa shape index (κ3) is 3.30. The standard InChI is InChI=1S/C16H26N4/c1-11-9-14(15(16(17)18)12(2)19-11)20(3)10-13-7-5-4-6-8-13/h9,13H,4-8,10H2,1-3H3,(H3,17,18). The normalized spacial score (nSPS) is 16.1. The molecule has 0 aliphatic heterocycles. The lowest BCUT2D eigenvalue weighted by Crippen LogP contribution is -2.29. The first-order chi connectivity index (χ1) is 9.49. The molecular weight excluding hydrogens is 248 g/mol. The number of aryl methyl sites for hydroxylation is 2. The molecule has 110 valence electrons. The summed E-state index contributed by atoms with van der Waals surface area (Å²) in [5, 5.41) is 7.81. The Balaban J connectivity index is 2.23. The fraction of sp³-hybridized carbons (Fsp3) is 0.625. The van der Waals surface area contributed by atoms with Crippen molar-refractivity contribution >= 4 is 11.5 Å². The summed E-state index contributed by atoms with van der Waals surface area (Å²) < 4.78 is 0. The predicted octanol–water partition coefficient (Wildman–Crippen LogP) is 3.00. The highest BCUT2D eigenvalue weighted by atomic mass is 15.1. The van der Waals surface area contributed by atoms with Gasteiger partial charge in [-0.1, -0.05) is 19.3 Å². The van der Waals surface area contributed by atoms with Crippen LogP contribution in [-0.2, 0) is 0 Å². The molecule has 0 aromatic carbocycles. The number of amidine groups is 1. The van der Waals surface area contributed by atoms with E-state index >= 15 is 0 Å². The molecule has 0 unspecified atom stereocenters. The van der Waals surface area contributed by atoms with Gasteiger partial charge in [0.1, 0.15) is 5.84 Å². The molecule has 1 heterocycles. The maximum Gasteiger partial charge on any atom is 0.126 e. The molecule has 2 rings (SSSR count). The number of aromatic nitrogens is 1. The van der Waals surface area contributed by atoms with Crippen molar-refractivity contribution in [2.45, 2.75) is 46.0 Å². The van der Waals surface area contributed by atoms with E-state index in [1.165, 1.54) is 32.1 Å². The number of nitrogens with one attached hydrogen (secondary N) is 1. The van der Waals surface area contributed by atoms with Gasteiger partial charge in [-0.15, -0.1) is 0 Å². The average Bonchev–Trinajstić information content (AvgIpc) is 2.38. The highest BCUT2D eigenvalue weighted by Gasteiger charge is 2.19. The topological polar surface area (TPSA) is 66.0 Å². The van der Waals surface area contributed by atoms with Crippen molar-refractivity contribution in [1.29, 1.82) is 5.41 Å². The van der Waals surface area contributed by atoms with Gasteiger partial charge in [-0.25, -0.2) is 0 Å². The van der Waals surface area contributed by atoms with Gasteiger partial charge in [-0.05, 0) is 38.7 Å². The van der Waals surface area contributed by atoms with Crippen LogP contribution >= 0.6 is 0 Å². The van der Waals surface area contributed by atoms with E-state index in [1.807, 2.05) is 19.9 Å². The Morgan fingerprint density at radius 1 is 1.35 bits per heavy atom. The van der Waals surface area contributed by atoms with Gasteiger partial charge in [0.2, 0.25) is 0 Å². The van der Waals surface area contributed by atoms with Gasteiger partial charge in [0, 0.05) is 19.3 Å². The number of nitrogens with two attached hydrogens (primary N) is 1. The molecule has 0 bridgehead atoms. The number of nitrogens with zero attached hydrogens (tertiary/aromatic N) is 2. The summed E-state index contributed by atoms with van der Waals surface area (Å²) in [4.78, 5) is 6.70. The van der Waals surface area contributed by atoms with Gasteiger partial charge in [-0.3, -0.25) is 10.4 Å². The SMILES string of the molecule is Cc1cc(N(C)CC2CCCCC2)c(C(=N)N)c(C)n1. The molecule has 0 saturated heterocycles. The molecule has 0 amide bonds. The van der Waals surface area contributed by atoms with E-state index in [1.54, 1.807) is 0 Å². The van der Waals surface area contributed by atoms with Gasteiger partial charge in [0.25, 0.3) is 0 Å².